The molecule has 0 amide bonds. The smallest absolute Gasteiger partial charge is 0.123 e. The van der Waals surface area contributed by atoms with E-state index in [2.05, 4.69) is 4.40 Å². The Morgan fingerprint density at radius 2 is 2.00 bits per heavy atom. The van der Waals surface area contributed by atoms with Crippen molar-refractivity contribution in [2.24, 2.45) is 4.40 Å². The lowest BCUT2D eigenvalue weighted by Crippen LogP contribution is -2.05. The summed E-state index contributed by atoms with van der Waals surface area (Å²) < 4.78 is 18.4. The highest BCUT2D eigenvalue weighted by atomic mass is 32.2. The molecule has 0 bridgehead atoms. The largest absolute Gasteiger partial charge is 0.273 e. The van der Waals surface area contributed by atoms with E-state index in [1.54, 1.807) is 18.3 Å². The number of hydrogen-bond donors (Lipinski definition) is 0. The van der Waals surface area contributed by atoms with Crippen LogP contribution in [-0.2, 0) is 0 Å². The number of anilines is 1. The molecule has 2 rings (SSSR count). The Morgan fingerprint density at radius 1 is 1.23 bits per heavy atom. The van der Waals surface area contributed by atoms with E-state index in [4.69, 9.17) is 0 Å². The van der Waals surface area contributed by atoms with Gasteiger partial charge in [0.2, 0.25) is 0 Å². The topological polar surface area (TPSA) is 15.6 Å². The van der Waals surface area contributed by atoms with Gasteiger partial charge >= 0.3 is 0 Å². The number of nitrogens with zero attached hydrogens (tertiary/aromatic N) is 2. The predicted octanol–water partition coefficient (Wildman–Crippen LogP) is 2.79. The normalized spacial score (nSPS) is 15.0. The SMILES string of the molecule is Fc1ccc(N2C=CC=NS2)cc1. The molecular weight excluding hydrogens is 187 g/mol. The van der Waals surface area contributed by atoms with Gasteiger partial charge in [0.1, 0.15) is 5.82 Å². The highest BCUT2D eigenvalue weighted by Crippen LogP contribution is 2.25. The molecule has 13 heavy (non-hydrogen) atoms. The number of allylic oxidation sites excluding steroid dienone is 1. The first-order valence-corrected chi connectivity index (χ1v) is 4.51. The van der Waals surface area contributed by atoms with Crippen LogP contribution < -0.4 is 4.31 Å². The van der Waals surface area contributed by atoms with Crippen molar-refractivity contribution in [1.82, 2.24) is 0 Å². The fraction of sp³-hybridized carbons (Fsp3) is 0. The summed E-state index contributed by atoms with van der Waals surface area (Å²) in [7, 11) is 0. The summed E-state index contributed by atoms with van der Waals surface area (Å²) in [6.45, 7) is 0. The second-order valence-electron chi connectivity index (χ2n) is 2.48. The zero-order chi connectivity index (χ0) is 9.10. The first kappa shape index (κ1) is 8.31. The van der Waals surface area contributed by atoms with Crippen LogP contribution in [0.2, 0.25) is 0 Å². The molecule has 0 radical (unpaired) electrons. The van der Waals surface area contributed by atoms with Crippen molar-refractivity contribution in [3.8, 4) is 0 Å². The van der Waals surface area contributed by atoms with Crippen molar-refractivity contribution in [3.63, 3.8) is 0 Å². The van der Waals surface area contributed by atoms with E-state index in [1.165, 1.54) is 24.3 Å². The molecule has 0 aliphatic carbocycles. The fourth-order valence-corrected chi connectivity index (χ4v) is 1.55. The molecule has 0 saturated heterocycles. The van der Waals surface area contributed by atoms with Gasteiger partial charge in [-0.25, -0.2) is 8.79 Å². The first-order chi connectivity index (χ1) is 6.36. The number of rotatable bonds is 1. The molecule has 2 nitrogen and oxygen atoms in total. The van der Waals surface area contributed by atoms with E-state index in [1.807, 2.05) is 16.6 Å². The van der Waals surface area contributed by atoms with Gasteiger partial charge < -0.3 is 0 Å². The molecule has 0 unspecified atom stereocenters. The average Bonchev–Trinajstić information content (AvgIpc) is 2.20. The number of hydrogen-bond acceptors (Lipinski definition) is 3. The van der Waals surface area contributed by atoms with E-state index in [9.17, 15) is 4.39 Å². The van der Waals surface area contributed by atoms with Crippen molar-refractivity contribution in [3.05, 3.63) is 42.4 Å². The third kappa shape index (κ3) is 1.89. The molecule has 0 saturated carbocycles. The van der Waals surface area contributed by atoms with Crippen LogP contribution in [0.1, 0.15) is 0 Å². The average molecular weight is 194 g/mol. The molecule has 1 heterocycles. The molecular formula is C9H7FN2S. The van der Waals surface area contributed by atoms with Crippen molar-refractivity contribution in [1.29, 1.82) is 0 Å². The Labute approximate surface area is 80.0 Å². The van der Waals surface area contributed by atoms with Crippen molar-refractivity contribution in [2.75, 3.05) is 4.31 Å². The maximum atomic E-state index is 12.6. The number of benzene rings is 1. The van der Waals surface area contributed by atoms with Crippen molar-refractivity contribution < 1.29 is 4.39 Å². The Kier molecular flexibility index (Phi) is 2.31. The minimum Gasteiger partial charge on any atom is -0.273 e. The van der Waals surface area contributed by atoms with Gasteiger partial charge in [-0.15, -0.1) is 0 Å². The summed E-state index contributed by atoms with van der Waals surface area (Å²) in [6.07, 6.45) is 5.43. The lowest BCUT2D eigenvalue weighted by atomic mass is 10.3. The van der Waals surface area contributed by atoms with Gasteiger partial charge in [0.05, 0.1) is 17.8 Å². The van der Waals surface area contributed by atoms with Crippen LogP contribution in [-0.4, -0.2) is 6.21 Å². The zero-order valence-corrected chi connectivity index (χ0v) is 7.54. The van der Waals surface area contributed by atoms with Gasteiger partial charge in [0.15, 0.2) is 0 Å². The molecule has 1 aliphatic heterocycles. The lowest BCUT2D eigenvalue weighted by Gasteiger charge is -2.16. The molecule has 1 aromatic rings. The number of halogens is 1. The predicted molar refractivity (Wildman–Crippen MR) is 54.1 cm³/mol. The standard InChI is InChI=1S/C9H7FN2S/c10-8-2-4-9(5-3-8)12-7-1-6-11-13-12/h1-7H. The first-order valence-electron chi connectivity index (χ1n) is 3.78. The van der Waals surface area contributed by atoms with Gasteiger partial charge in [0.25, 0.3) is 0 Å². The summed E-state index contributed by atoms with van der Waals surface area (Å²) in [4.78, 5) is 0. The van der Waals surface area contributed by atoms with Gasteiger partial charge in [-0.1, -0.05) is 0 Å². The van der Waals surface area contributed by atoms with Gasteiger partial charge in [-0.2, -0.15) is 0 Å². The summed E-state index contributed by atoms with van der Waals surface area (Å²) in [5.41, 5.74) is 0.916. The molecule has 4 heteroatoms. The Bertz CT molecular complexity index is 345. The molecule has 0 N–H and O–H groups in total. The summed E-state index contributed by atoms with van der Waals surface area (Å²) in [5.74, 6) is -0.224. The minimum absolute atomic E-state index is 0.224. The molecule has 66 valence electrons. The van der Waals surface area contributed by atoms with E-state index in [0.29, 0.717) is 0 Å². The van der Waals surface area contributed by atoms with Crippen LogP contribution in [0.25, 0.3) is 0 Å². The Hall–Kier alpha value is -1.29. The highest BCUT2D eigenvalue weighted by molar-refractivity contribution is 7.99. The summed E-state index contributed by atoms with van der Waals surface area (Å²) >= 11 is 1.32. The van der Waals surface area contributed by atoms with Gasteiger partial charge in [0, 0.05) is 12.4 Å². The monoisotopic (exact) mass is 194 g/mol. The molecule has 0 aromatic heterocycles. The third-order valence-electron chi connectivity index (χ3n) is 1.58. The molecule has 0 atom stereocenters. The second-order valence-corrected chi connectivity index (χ2v) is 3.25. The zero-order valence-electron chi connectivity index (χ0n) is 6.72. The van der Waals surface area contributed by atoms with Crippen LogP contribution in [0.4, 0.5) is 10.1 Å². The van der Waals surface area contributed by atoms with Crippen LogP contribution in [0, 0.1) is 5.82 Å². The quantitative estimate of drug-likeness (QED) is 0.639. The Balaban J connectivity index is 2.21. The minimum atomic E-state index is -0.224. The molecule has 0 spiro atoms. The maximum Gasteiger partial charge on any atom is 0.123 e. The van der Waals surface area contributed by atoms with Crippen molar-refractivity contribution >= 4 is 24.0 Å². The van der Waals surface area contributed by atoms with Crippen LogP contribution in [0.15, 0.2) is 40.9 Å². The van der Waals surface area contributed by atoms with E-state index in [-0.39, 0.29) is 5.82 Å². The van der Waals surface area contributed by atoms with Gasteiger partial charge in [-0.3, -0.25) is 4.31 Å². The Morgan fingerprint density at radius 3 is 2.62 bits per heavy atom. The summed E-state index contributed by atoms with van der Waals surface area (Å²) in [6, 6.07) is 6.30. The van der Waals surface area contributed by atoms with Gasteiger partial charge in [-0.05, 0) is 30.3 Å². The van der Waals surface area contributed by atoms with E-state index < -0.39 is 0 Å². The molecule has 1 aliphatic rings. The maximum absolute atomic E-state index is 12.6. The summed E-state index contributed by atoms with van der Waals surface area (Å²) in [5, 5.41) is 0. The van der Waals surface area contributed by atoms with E-state index in [0.717, 1.165) is 5.69 Å². The third-order valence-corrected chi connectivity index (χ3v) is 2.31. The van der Waals surface area contributed by atoms with Crippen LogP contribution in [0.5, 0.6) is 0 Å². The van der Waals surface area contributed by atoms with Crippen molar-refractivity contribution in [2.45, 2.75) is 0 Å². The van der Waals surface area contributed by atoms with E-state index >= 15 is 0 Å². The van der Waals surface area contributed by atoms with Crippen LogP contribution >= 0.6 is 12.1 Å². The second kappa shape index (κ2) is 3.62. The van der Waals surface area contributed by atoms with Crippen LogP contribution in [0.3, 0.4) is 0 Å². The molecule has 0 fully saturated rings. The fourth-order valence-electron chi connectivity index (χ4n) is 0.978. The lowest BCUT2D eigenvalue weighted by molar-refractivity contribution is 0.628. The highest BCUT2D eigenvalue weighted by Gasteiger charge is 2.04. The molecule has 1 aromatic carbocycles.